The van der Waals surface area contributed by atoms with Gasteiger partial charge in [0, 0.05) is 47.2 Å². The number of pyridine rings is 2. The van der Waals surface area contributed by atoms with E-state index in [4.69, 9.17) is 0 Å². The number of nitrogens with one attached hydrogen (secondary N) is 3. The number of phenolic OH excluding ortho intramolecular Hbond substituents is 1. The highest BCUT2D eigenvalue weighted by Gasteiger charge is 2.27. The number of carbonyl (C=O) groups excluding carboxylic acids is 3. The van der Waals surface area contributed by atoms with Gasteiger partial charge in [-0.1, -0.05) is 18.2 Å². The summed E-state index contributed by atoms with van der Waals surface area (Å²) in [5.41, 5.74) is 2.01. The van der Waals surface area contributed by atoms with Crippen LogP contribution in [0.15, 0.2) is 79.3 Å². The maximum absolute atomic E-state index is 13.2. The Kier molecular flexibility index (Phi) is 8.85. The number of phenols is 1. The molecule has 39 heavy (non-hydrogen) atoms. The number of hydrogen-bond donors (Lipinski definition) is 4. The van der Waals surface area contributed by atoms with E-state index in [0.29, 0.717) is 40.6 Å². The van der Waals surface area contributed by atoms with Crippen molar-refractivity contribution in [3.05, 3.63) is 102 Å². The molecule has 200 valence electrons. The molecule has 1 aliphatic heterocycles. The van der Waals surface area contributed by atoms with Crippen molar-refractivity contribution in [1.29, 1.82) is 0 Å². The molecule has 2 aromatic carbocycles. The number of amides is 2. The van der Waals surface area contributed by atoms with E-state index in [1.54, 1.807) is 73.2 Å². The van der Waals surface area contributed by atoms with Gasteiger partial charge >= 0.3 is 0 Å². The van der Waals surface area contributed by atoms with Gasteiger partial charge in [0.15, 0.2) is 5.78 Å². The quantitative estimate of drug-likeness (QED) is 0.273. The third-order valence-corrected chi connectivity index (χ3v) is 6.69. The van der Waals surface area contributed by atoms with Crippen molar-refractivity contribution in [1.82, 2.24) is 25.9 Å². The second-order valence-corrected chi connectivity index (χ2v) is 9.18. The van der Waals surface area contributed by atoms with Crippen LogP contribution in [0.4, 0.5) is 0 Å². The van der Waals surface area contributed by atoms with Crippen LogP contribution in [-0.4, -0.2) is 57.8 Å². The molecule has 0 saturated carbocycles. The van der Waals surface area contributed by atoms with Crippen LogP contribution < -0.4 is 16.0 Å². The molecule has 4 N–H and O–H groups in total. The lowest BCUT2D eigenvalue weighted by molar-refractivity contribution is 0.0882. The van der Waals surface area contributed by atoms with E-state index in [2.05, 4.69) is 25.9 Å². The Hall–Kier alpha value is -4.34. The third-order valence-electron chi connectivity index (χ3n) is 6.69. The summed E-state index contributed by atoms with van der Waals surface area (Å²) >= 11 is 0. The Morgan fingerprint density at radius 2 is 1.49 bits per heavy atom. The van der Waals surface area contributed by atoms with Crippen LogP contribution in [0.5, 0.6) is 5.75 Å². The largest absolute Gasteiger partial charge is 0.507 e. The molecule has 0 radical (unpaired) electrons. The maximum atomic E-state index is 13.2. The van der Waals surface area contributed by atoms with Crippen LogP contribution in [-0.2, 0) is 0 Å². The Labute approximate surface area is 231 Å². The normalized spacial score (nSPS) is 16.9. The number of nitrogens with zero attached hydrogens (tertiary/aromatic N) is 2. The minimum atomic E-state index is -0.359. The average molecular weight is 546 g/mol. The first-order valence-corrected chi connectivity index (χ1v) is 12.4. The van der Waals surface area contributed by atoms with Crippen molar-refractivity contribution >= 4 is 40.9 Å². The zero-order chi connectivity index (χ0) is 26.5. The number of carbonyl (C=O) groups is 3. The minimum absolute atomic E-state index is 0. The summed E-state index contributed by atoms with van der Waals surface area (Å²) in [4.78, 5) is 47.3. The summed E-state index contributed by atoms with van der Waals surface area (Å²) < 4.78 is 0. The molecule has 2 amide bonds. The van der Waals surface area contributed by atoms with E-state index in [0.717, 1.165) is 13.0 Å². The fourth-order valence-electron chi connectivity index (χ4n) is 4.68. The summed E-state index contributed by atoms with van der Waals surface area (Å²) in [6, 6.07) is 15.6. The maximum Gasteiger partial charge on any atom is 0.251 e. The van der Waals surface area contributed by atoms with E-state index in [1.165, 1.54) is 6.07 Å². The van der Waals surface area contributed by atoms with E-state index in [9.17, 15) is 19.5 Å². The fourth-order valence-corrected chi connectivity index (χ4v) is 4.68. The highest BCUT2D eigenvalue weighted by molar-refractivity contribution is 6.18. The highest BCUT2D eigenvalue weighted by atomic mass is 35.5. The van der Waals surface area contributed by atoms with Gasteiger partial charge in [0.1, 0.15) is 5.75 Å². The molecule has 1 aliphatic rings. The molecule has 5 rings (SSSR count). The molecule has 0 spiro atoms. The molecule has 1 saturated heterocycles. The summed E-state index contributed by atoms with van der Waals surface area (Å²) in [6.45, 7) is 1.32. The van der Waals surface area contributed by atoms with Crippen molar-refractivity contribution < 1.29 is 19.5 Å². The number of aromatic nitrogens is 2. The number of halogens is 1. The van der Waals surface area contributed by atoms with Gasteiger partial charge in [0.05, 0.1) is 23.2 Å². The number of aromatic hydroxyl groups is 1. The van der Waals surface area contributed by atoms with Crippen molar-refractivity contribution in [2.24, 2.45) is 0 Å². The number of rotatable bonds is 6. The molecule has 2 atom stereocenters. The van der Waals surface area contributed by atoms with E-state index < -0.39 is 0 Å². The molecule has 1 fully saturated rings. The number of hydrogen-bond acceptors (Lipinski definition) is 7. The first-order chi connectivity index (χ1) is 18.5. The predicted molar refractivity (Wildman–Crippen MR) is 149 cm³/mol. The highest BCUT2D eigenvalue weighted by Crippen LogP contribution is 2.28. The standard InChI is InChI=1S/C29H27N5O4.ClH/c35-25-10-9-22-21(3-1-14-32-22)26(25)27(36)18-5-7-19(8-6-18)28(37)33-23-4-2-13-31-17-24(23)34-29(38)20-11-15-30-16-12-20;/h1,3,5-12,14-16,23-24,31,35H,2,4,13,17H2,(H,33,37)(H,34,38);1H/t23-,24-;/m1./s1. The fraction of sp³-hybridized carbons (Fsp3) is 0.207. The van der Waals surface area contributed by atoms with Crippen molar-refractivity contribution in [3.63, 3.8) is 0 Å². The molecule has 3 heterocycles. The van der Waals surface area contributed by atoms with Crippen molar-refractivity contribution in [2.75, 3.05) is 13.1 Å². The Morgan fingerprint density at radius 1 is 0.821 bits per heavy atom. The first-order valence-electron chi connectivity index (χ1n) is 12.4. The average Bonchev–Trinajstić information content (AvgIpc) is 3.17. The third kappa shape index (κ3) is 6.22. The summed E-state index contributed by atoms with van der Waals surface area (Å²) in [5.74, 6) is -1.01. The first kappa shape index (κ1) is 27.7. The van der Waals surface area contributed by atoms with Crippen LogP contribution in [0, 0.1) is 0 Å². The van der Waals surface area contributed by atoms with Crippen LogP contribution in [0.2, 0.25) is 0 Å². The van der Waals surface area contributed by atoms with E-state index >= 15 is 0 Å². The van der Waals surface area contributed by atoms with Crippen LogP contribution in [0.1, 0.15) is 49.5 Å². The van der Waals surface area contributed by atoms with E-state index in [-0.39, 0.29) is 53.4 Å². The number of benzene rings is 2. The number of ketones is 1. The van der Waals surface area contributed by atoms with Crippen LogP contribution >= 0.6 is 12.4 Å². The topological polar surface area (TPSA) is 133 Å². The van der Waals surface area contributed by atoms with Crippen molar-refractivity contribution in [3.8, 4) is 5.75 Å². The molecule has 2 aromatic heterocycles. The monoisotopic (exact) mass is 545 g/mol. The SMILES string of the molecule is Cl.O=C(N[C@@H]1CCCNC[C@H]1NC(=O)c1ccncc1)c1ccc(C(=O)c2c(O)ccc3ncccc23)cc1. The molecule has 9 nitrogen and oxygen atoms in total. The lowest BCUT2D eigenvalue weighted by Gasteiger charge is -2.27. The second kappa shape index (κ2) is 12.5. The van der Waals surface area contributed by atoms with Gasteiger partial charge in [0.2, 0.25) is 0 Å². The molecular weight excluding hydrogens is 518 g/mol. The van der Waals surface area contributed by atoms with Crippen molar-refractivity contribution in [2.45, 2.75) is 24.9 Å². The Balaban J connectivity index is 0.00000353. The van der Waals surface area contributed by atoms with Gasteiger partial charge < -0.3 is 21.1 Å². The van der Waals surface area contributed by atoms with Gasteiger partial charge in [-0.3, -0.25) is 24.4 Å². The predicted octanol–water partition coefficient (Wildman–Crippen LogP) is 3.27. The lowest BCUT2D eigenvalue weighted by Crippen LogP contribution is -2.54. The molecule has 10 heteroatoms. The van der Waals surface area contributed by atoms with Gasteiger partial charge in [0.25, 0.3) is 11.8 Å². The summed E-state index contributed by atoms with van der Waals surface area (Å²) in [7, 11) is 0. The zero-order valence-electron chi connectivity index (χ0n) is 21.0. The summed E-state index contributed by atoms with van der Waals surface area (Å²) in [6.07, 6.45) is 6.30. The van der Waals surface area contributed by atoms with Gasteiger partial charge in [-0.05, 0) is 61.9 Å². The minimum Gasteiger partial charge on any atom is -0.507 e. The van der Waals surface area contributed by atoms with E-state index in [1.807, 2.05) is 0 Å². The molecule has 0 aliphatic carbocycles. The lowest BCUT2D eigenvalue weighted by atomic mass is 9.97. The molecule has 0 unspecified atom stereocenters. The molecular formula is C29H28ClN5O4. The van der Waals surface area contributed by atoms with Gasteiger partial charge in [-0.2, -0.15) is 0 Å². The van der Waals surface area contributed by atoms with Gasteiger partial charge in [-0.15, -0.1) is 12.4 Å². The molecule has 0 bridgehead atoms. The van der Waals surface area contributed by atoms with Crippen LogP contribution in [0.25, 0.3) is 10.9 Å². The zero-order valence-corrected chi connectivity index (χ0v) is 21.8. The smallest absolute Gasteiger partial charge is 0.251 e. The number of fused-ring (bicyclic) bond motifs is 1. The van der Waals surface area contributed by atoms with Crippen LogP contribution in [0.3, 0.4) is 0 Å². The molecule has 4 aromatic rings. The second-order valence-electron chi connectivity index (χ2n) is 9.18. The Bertz CT molecular complexity index is 1480. The summed E-state index contributed by atoms with van der Waals surface area (Å²) in [5, 5.41) is 20.3. The Morgan fingerprint density at radius 3 is 2.23 bits per heavy atom. The van der Waals surface area contributed by atoms with Gasteiger partial charge in [-0.25, -0.2) is 0 Å².